The van der Waals surface area contributed by atoms with Gasteiger partial charge in [0, 0.05) is 12.8 Å². The van der Waals surface area contributed by atoms with E-state index in [1.807, 2.05) is 0 Å². The number of carbonyl (C=O) groups is 2. The zero-order valence-corrected chi connectivity index (χ0v) is 42.1. The molecule has 0 aromatic heterocycles. The van der Waals surface area contributed by atoms with E-state index in [1.54, 1.807) is 0 Å². The molecule has 370 valence electrons. The average molecular weight is 879 g/mol. The number of unbranched alkanes of at least 4 members (excludes halogenated alkanes) is 42. The molecule has 0 heterocycles. The Bertz CT molecular complexity index is 882. The minimum Gasteiger partial charge on any atom is -0.466 e. The van der Waals surface area contributed by atoms with Crippen molar-refractivity contribution in [1.29, 1.82) is 0 Å². The molecule has 0 rings (SSSR count). The van der Waals surface area contributed by atoms with Crippen LogP contribution >= 0.6 is 0 Å². The normalized spacial score (nSPS) is 12.5. The number of hydrogen-bond donors (Lipinski definition) is 3. The molecule has 2 atom stereocenters. The number of aliphatic hydroxyl groups is 2. The summed E-state index contributed by atoms with van der Waals surface area (Å²) >= 11 is 0. The number of carbonyl (C=O) groups excluding carboxylic acids is 2. The topological polar surface area (TPSA) is 95.9 Å². The van der Waals surface area contributed by atoms with Crippen LogP contribution in [-0.4, -0.2) is 47.4 Å². The number of ether oxygens (including phenoxy) is 1. The van der Waals surface area contributed by atoms with Crippen LogP contribution in [0.25, 0.3) is 0 Å². The van der Waals surface area contributed by atoms with E-state index >= 15 is 0 Å². The number of amides is 1. The summed E-state index contributed by atoms with van der Waals surface area (Å²) in [4.78, 5) is 24.5. The molecular weight excluding hydrogens is 767 g/mol. The second kappa shape index (κ2) is 52.5. The Kier molecular flexibility index (Phi) is 51.5. The van der Waals surface area contributed by atoms with E-state index in [0.717, 1.165) is 38.5 Å². The summed E-state index contributed by atoms with van der Waals surface area (Å²) in [6.45, 7) is 4.95. The summed E-state index contributed by atoms with van der Waals surface area (Å²) in [5.74, 6) is -0.0328. The van der Waals surface area contributed by atoms with Crippen LogP contribution in [0.1, 0.15) is 322 Å². The number of esters is 1. The van der Waals surface area contributed by atoms with Crippen molar-refractivity contribution in [2.45, 2.75) is 334 Å². The fraction of sp³-hybridized carbons (Fsp3) is 0.964. The molecule has 6 heteroatoms. The van der Waals surface area contributed by atoms with Crippen LogP contribution in [-0.2, 0) is 14.3 Å². The molecule has 0 aliphatic carbocycles. The monoisotopic (exact) mass is 878 g/mol. The fourth-order valence-electron chi connectivity index (χ4n) is 9.05. The number of hydrogen-bond acceptors (Lipinski definition) is 5. The summed E-state index contributed by atoms with van der Waals surface area (Å²) < 4.78 is 5.49. The highest BCUT2D eigenvalue weighted by molar-refractivity contribution is 5.76. The van der Waals surface area contributed by atoms with Gasteiger partial charge in [0.2, 0.25) is 5.91 Å². The third kappa shape index (κ3) is 48.3. The van der Waals surface area contributed by atoms with E-state index in [2.05, 4.69) is 19.2 Å². The van der Waals surface area contributed by atoms with E-state index in [9.17, 15) is 19.8 Å². The van der Waals surface area contributed by atoms with Crippen molar-refractivity contribution >= 4 is 11.9 Å². The Labute approximate surface area is 387 Å². The smallest absolute Gasteiger partial charge is 0.305 e. The van der Waals surface area contributed by atoms with Crippen molar-refractivity contribution in [2.75, 3.05) is 13.2 Å². The molecule has 1 amide bonds. The summed E-state index contributed by atoms with van der Waals surface area (Å²) in [5, 5.41) is 23.2. The molecule has 0 radical (unpaired) electrons. The van der Waals surface area contributed by atoms with Crippen molar-refractivity contribution in [2.24, 2.45) is 0 Å². The molecule has 0 aliphatic heterocycles. The lowest BCUT2D eigenvalue weighted by Gasteiger charge is -2.22. The Hall–Kier alpha value is -1.14. The quantitative estimate of drug-likeness (QED) is 0.0418. The van der Waals surface area contributed by atoms with Gasteiger partial charge >= 0.3 is 5.97 Å². The molecule has 0 aromatic carbocycles. The third-order valence-corrected chi connectivity index (χ3v) is 13.4. The van der Waals surface area contributed by atoms with Gasteiger partial charge in [0.05, 0.1) is 25.4 Å². The lowest BCUT2D eigenvalue weighted by atomic mass is 10.0. The van der Waals surface area contributed by atoms with Crippen LogP contribution in [0, 0.1) is 0 Å². The lowest BCUT2D eigenvalue weighted by molar-refractivity contribution is -0.143. The first-order valence-electron chi connectivity index (χ1n) is 28.3. The first-order chi connectivity index (χ1) is 30.5. The maximum atomic E-state index is 12.4. The molecule has 0 fully saturated rings. The van der Waals surface area contributed by atoms with Crippen molar-refractivity contribution in [3.63, 3.8) is 0 Å². The summed E-state index contributed by atoms with van der Waals surface area (Å²) in [7, 11) is 0. The summed E-state index contributed by atoms with van der Waals surface area (Å²) in [6, 6.07) is -0.544. The van der Waals surface area contributed by atoms with Gasteiger partial charge in [-0.15, -0.1) is 0 Å². The fourth-order valence-corrected chi connectivity index (χ4v) is 9.05. The van der Waals surface area contributed by atoms with E-state index in [0.29, 0.717) is 25.9 Å². The second-order valence-electron chi connectivity index (χ2n) is 19.6. The molecular formula is C56H111NO5. The average Bonchev–Trinajstić information content (AvgIpc) is 3.27. The third-order valence-electron chi connectivity index (χ3n) is 13.4. The highest BCUT2D eigenvalue weighted by Crippen LogP contribution is 2.18. The SMILES string of the molecule is CCCCCCCCCCCCCCCCCCCCC(=O)OCCCCCCCCCCCCCCCCCCC(=O)NC(CO)C(O)CCCCCCCCCCCCC. The first-order valence-corrected chi connectivity index (χ1v) is 28.3. The molecule has 62 heavy (non-hydrogen) atoms. The zero-order valence-electron chi connectivity index (χ0n) is 42.1. The van der Waals surface area contributed by atoms with Crippen molar-refractivity contribution in [1.82, 2.24) is 5.32 Å². The van der Waals surface area contributed by atoms with E-state index in [4.69, 9.17) is 4.74 Å². The first kappa shape index (κ1) is 60.9. The van der Waals surface area contributed by atoms with Crippen molar-refractivity contribution < 1.29 is 24.5 Å². The molecule has 0 saturated heterocycles. The molecule has 6 nitrogen and oxygen atoms in total. The minimum absolute atomic E-state index is 0.00818. The number of rotatable bonds is 53. The number of nitrogens with one attached hydrogen (secondary N) is 1. The molecule has 3 N–H and O–H groups in total. The maximum Gasteiger partial charge on any atom is 0.305 e. The van der Waals surface area contributed by atoms with Gasteiger partial charge in [-0.05, 0) is 25.7 Å². The van der Waals surface area contributed by atoms with Crippen LogP contribution in [0.3, 0.4) is 0 Å². The molecule has 0 aromatic rings. The molecule has 0 bridgehead atoms. The van der Waals surface area contributed by atoms with Crippen LogP contribution in [0.2, 0.25) is 0 Å². The largest absolute Gasteiger partial charge is 0.466 e. The van der Waals surface area contributed by atoms with Crippen LogP contribution in [0.15, 0.2) is 0 Å². The number of aliphatic hydroxyl groups excluding tert-OH is 2. The van der Waals surface area contributed by atoms with Gasteiger partial charge in [0.15, 0.2) is 0 Å². The summed E-state index contributed by atoms with van der Waals surface area (Å²) in [6.07, 6.45) is 59.5. The van der Waals surface area contributed by atoms with Crippen LogP contribution < -0.4 is 5.32 Å². The predicted octanol–water partition coefficient (Wildman–Crippen LogP) is 17.1. The molecule has 0 saturated carbocycles. The van der Waals surface area contributed by atoms with Gasteiger partial charge in [-0.1, -0.05) is 284 Å². The van der Waals surface area contributed by atoms with Crippen LogP contribution in [0.4, 0.5) is 0 Å². The minimum atomic E-state index is -0.666. The lowest BCUT2D eigenvalue weighted by Crippen LogP contribution is -2.45. The Morgan fingerprint density at radius 2 is 0.661 bits per heavy atom. The van der Waals surface area contributed by atoms with Crippen molar-refractivity contribution in [3.8, 4) is 0 Å². The maximum absolute atomic E-state index is 12.4. The van der Waals surface area contributed by atoms with Gasteiger partial charge < -0.3 is 20.3 Å². The predicted molar refractivity (Wildman–Crippen MR) is 269 cm³/mol. The van der Waals surface area contributed by atoms with Gasteiger partial charge in [-0.2, -0.15) is 0 Å². The standard InChI is InChI=1S/C56H111NO5/c1-3-5-7-9-11-13-15-16-17-18-19-23-26-30-34-38-42-46-50-56(61)62-51-47-43-39-35-31-27-24-21-20-22-25-29-33-37-41-45-49-55(60)57-53(52-58)54(59)48-44-40-36-32-28-14-12-10-8-6-4-2/h53-54,58-59H,3-52H2,1-2H3,(H,57,60). The Morgan fingerprint density at radius 1 is 0.387 bits per heavy atom. The van der Waals surface area contributed by atoms with E-state index < -0.39 is 12.1 Å². The highest BCUT2D eigenvalue weighted by Gasteiger charge is 2.20. The van der Waals surface area contributed by atoms with E-state index in [-0.39, 0.29) is 18.5 Å². The van der Waals surface area contributed by atoms with Gasteiger partial charge in [0.25, 0.3) is 0 Å². The van der Waals surface area contributed by atoms with Gasteiger partial charge in [0.1, 0.15) is 0 Å². The molecule has 0 spiro atoms. The zero-order chi connectivity index (χ0) is 45.1. The van der Waals surface area contributed by atoms with Crippen molar-refractivity contribution in [3.05, 3.63) is 0 Å². The van der Waals surface area contributed by atoms with Gasteiger partial charge in [-0.3, -0.25) is 9.59 Å². The molecule has 2 unspecified atom stereocenters. The Balaban J connectivity index is 3.37. The van der Waals surface area contributed by atoms with Gasteiger partial charge in [-0.25, -0.2) is 0 Å². The summed E-state index contributed by atoms with van der Waals surface area (Å²) in [5.41, 5.74) is 0. The Morgan fingerprint density at radius 3 is 0.984 bits per heavy atom. The van der Waals surface area contributed by atoms with Crippen LogP contribution in [0.5, 0.6) is 0 Å². The molecule has 0 aliphatic rings. The second-order valence-corrected chi connectivity index (χ2v) is 19.6. The highest BCUT2D eigenvalue weighted by atomic mass is 16.5. The van der Waals surface area contributed by atoms with E-state index in [1.165, 1.54) is 250 Å².